The van der Waals surface area contributed by atoms with Crippen LogP contribution in [-0.2, 0) is 7.05 Å². The van der Waals surface area contributed by atoms with E-state index in [1.807, 2.05) is 30.1 Å². The van der Waals surface area contributed by atoms with Crippen LogP contribution >= 0.6 is 0 Å². The maximum Gasteiger partial charge on any atom is 0.257 e. The van der Waals surface area contributed by atoms with E-state index < -0.39 is 0 Å². The first-order chi connectivity index (χ1) is 10.6. The number of benzene rings is 1. The lowest BCUT2D eigenvalue weighted by molar-refractivity contribution is 0.0594. The number of hydrogen-bond acceptors (Lipinski definition) is 3. The Bertz CT molecular complexity index is 657. The second-order valence-corrected chi connectivity index (χ2v) is 5.78. The Balaban J connectivity index is 1.56. The molecular weight excluding hydrogens is 278 g/mol. The maximum atomic E-state index is 12.4. The molecule has 0 spiro atoms. The normalized spacial score (nSPS) is 15.8. The van der Waals surface area contributed by atoms with E-state index in [1.54, 1.807) is 17.1 Å². The monoisotopic (exact) mass is 299 g/mol. The van der Waals surface area contributed by atoms with Gasteiger partial charge in [-0.15, -0.1) is 0 Å². The minimum Gasteiger partial charge on any atom is -0.490 e. The summed E-state index contributed by atoms with van der Waals surface area (Å²) >= 11 is 0. The van der Waals surface area contributed by atoms with Crippen LogP contribution in [0.2, 0.25) is 0 Å². The van der Waals surface area contributed by atoms with Gasteiger partial charge in [0.1, 0.15) is 11.9 Å². The molecular formula is C17H21N3O2. The molecule has 0 unspecified atom stereocenters. The van der Waals surface area contributed by atoms with Crippen molar-refractivity contribution in [2.24, 2.45) is 7.05 Å². The molecule has 1 aliphatic rings. The largest absolute Gasteiger partial charge is 0.490 e. The van der Waals surface area contributed by atoms with Crippen molar-refractivity contribution in [2.75, 3.05) is 13.1 Å². The van der Waals surface area contributed by atoms with E-state index in [1.165, 1.54) is 0 Å². The first-order valence-electron chi connectivity index (χ1n) is 7.63. The molecule has 0 saturated carbocycles. The molecule has 1 aliphatic heterocycles. The van der Waals surface area contributed by atoms with Crippen LogP contribution in [0.5, 0.6) is 5.75 Å². The van der Waals surface area contributed by atoms with Gasteiger partial charge >= 0.3 is 0 Å². The Kier molecular flexibility index (Phi) is 4.13. The average Bonchev–Trinajstić information content (AvgIpc) is 2.96. The Labute approximate surface area is 130 Å². The van der Waals surface area contributed by atoms with Crippen molar-refractivity contribution >= 4 is 5.91 Å². The first-order valence-corrected chi connectivity index (χ1v) is 7.63. The lowest BCUT2D eigenvalue weighted by Crippen LogP contribution is -2.41. The van der Waals surface area contributed by atoms with Gasteiger partial charge in [-0.3, -0.25) is 9.48 Å². The third-order valence-corrected chi connectivity index (χ3v) is 4.07. The van der Waals surface area contributed by atoms with Gasteiger partial charge in [0.2, 0.25) is 0 Å². The molecule has 2 heterocycles. The van der Waals surface area contributed by atoms with Crippen LogP contribution in [0, 0.1) is 6.92 Å². The van der Waals surface area contributed by atoms with Crippen LogP contribution < -0.4 is 4.74 Å². The zero-order chi connectivity index (χ0) is 15.5. The van der Waals surface area contributed by atoms with E-state index in [9.17, 15) is 4.79 Å². The minimum atomic E-state index is 0.0578. The van der Waals surface area contributed by atoms with Crippen LogP contribution in [0.3, 0.4) is 0 Å². The topological polar surface area (TPSA) is 47.4 Å². The highest BCUT2D eigenvalue weighted by atomic mass is 16.5. The van der Waals surface area contributed by atoms with Gasteiger partial charge in [-0.1, -0.05) is 18.2 Å². The number of nitrogens with zero attached hydrogens (tertiary/aromatic N) is 3. The van der Waals surface area contributed by atoms with Gasteiger partial charge in [0.15, 0.2) is 0 Å². The number of aromatic nitrogens is 2. The zero-order valence-corrected chi connectivity index (χ0v) is 13.0. The molecule has 0 N–H and O–H groups in total. The molecule has 0 radical (unpaired) electrons. The molecule has 0 atom stereocenters. The molecule has 1 amide bonds. The van der Waals surface area contributed by atoms with Gasteiger partial charge in [-0.05, 0) is 18.6 Å². The molecule has 2 aromatic rings. The maximum absolute atomic E-state index is 12.4. The molecule has 116 valence electrons. The van der Waals surface area contributed by atoms with Crippen molar-refractivity contribution in [1.29, 1.82) is 0 Å². The molecule has 5 nitrogen and oxygen atoms in total. The summed E-state index contributed by atoms with van der Waals surface area (Å²) < 4.78 is 7.72. The van der Waals surface area contributed by atoms with E-state index in [0.29, 0.717) is 5.56 Å². The Hall–Kier alpha value is -2.30. The summed E-state index contributed by atoms with van der Waals surface area (Å²) in [6.45, 7) is 3.50. The number of carbonyl (C=O) groups is 1. The predicted molar refractivity (Wildman–Crippen MR) is 83.9 cm³/mol. The van der Waals surface area contributed by atoms with E-state index >= 15 is 0 Å². The molecule has 1 aromatic heterocycles. The second kappa shape index (κ2) is 6.22. The fourth-order valence-electron chi connectivity index (χ4n) is 2.76. The molecule has 0 bridgehead atoms. The van der Waals surface area contributed by atoms with Crippen molar-refractivity contribution in [3.8, 4) is 5.75 Å². The number of rotatable bonds is 3. The van der Waals surface area contributed by atoms with Gasteiger partial charge in [0.25, 0.3) is 5.91 Å². The highest BCUT2D eigenvalue weighted by Crippen LogP contribution is 2.22. The fraction of sp³-hybridized carbons (Fsp3) is 0.412. The minimum absolute atomic E-state index is 0.0578. The smallest absolute Gasteiger partial charge is 0.257 e. The first kappa shape index (κ1) is 14.6. The molecule has 22 heavy (non-hydrogen) atoms. The van der Waals surface area contributed by atoms with E-state index in [0.717, 1.165) is 37.2 Å². The summed E-state index contributed by atoms with van der Waals surface area (Å²) in [6, 6.07) is 8.06. The number of piperidine rings is 1. The third kappa shape index (κ3) is 3.13. The van der Waals surface area contributed by atoms with Crippen molar-refractivity contribution in [3.63, 3.8) is 0 Å². The third-order valence-electron chi connectivity index (χ3n) is 4.07. The van der Waals surface area contributed by atoms with Crippen LogP contribution in [0.25, 0.3) is 0 Å². The molecule has 1 aromatic carbocycles. The van der Waals surface area contributed by atoms with Gasteiger partial charge in [0.05, 0.1) is 11.8 Å². The standard InChI is InChI=1S/C17H21N3O2/c1-13-5-3-4-6-16(13)22-15-7-9-20(10-8-15)17(21)14-11-18-19(2)12-14/h3-6,11-12,15H,7-10H2,1-2H3. The predicted octanol–water partition coefficient (Wildman–Crippen LogP) is 2.41. The van der Waals surface area contributed by atoms with E-state index in [-0.39, 0.29) is 12.0 Å². The summed E-state index contributed by atoms with van der Waals surface area (Å²) in [5.74, 6) is 1.00. The highest BCUT2D eigenvalue weighted by Gasteiger charge is 2.25. The number of aryl methyl sites for hydroxylation is 2. The number of carbonyl (C=O) groups excluding carboxylic acids is 1. The van der Waals surface area contributed by atoms with Crippen molar-refractivity contribution in [3.05, 3.63) is 47.8 Å². The summed E-state index contributed by atoms with van der Waals surface area (Å²) in [7, 11) is 1.82. The lowest BCUT2D eigenvalue weighted by atomic mass is 10.1. The molecule has 1 saturated heterocycles. The van der Waals surface area contributed by atoms with Crippen LogP contribution in [0.1, 0.15) is 28.8 Å². The summed E-state index contributed by atoms with van der Waals surface area (Å²) in [5.41, 5.74) is 1.80. The van der Waals surface area contributed by atoms with Crippen molar-refractivity contribution < 1.29 is 9.53 Å². The number of ether oxygens (including phenoxy) is 1. The Morgan fingerprint density at radius 2 is 2.00 bits per heavy atom. The Morgan fingerprint density at radius 3 is 2.64 bits per heavy atom. The summed E-state index contributed by atoms with van der Waals surface area (Å²) in [5, 5.41) is 4.06. The molecule has 1 fully saturated rings. The van der Waals surface area contributed by atoms with E-state index in [4.69, 9.17) is 4.74 Å². The van der Waals surface area contributed by atoms with Crippen LogP contribution in [0.4, 0.5) is 0 Å². The SMILES string of the molecule is Cc1ccccc1OC1CCN(C(=O)c2cnn(C)c2)CC1. The number of hydrogen-bond donors (Lipinski definition) is 0. The van der Waals surface area contributed by atoms with Gasteiger partial charge < -0.3 is 9.64 Å². The van der Waals surface area contributed by atoms with Gasteiger partial charge in [0, 0.05) is 39.2 Å². The number of likely N-dealkylation sites (tertiary alicyclic amines) is 1. The number of para-hydroxylation sites is 1. The van der Waals surface area contributed by atoms with Crippen LogP contribution in [0.15, 0.2) is 36.7 Å². The van der Waals surface area contributed by atoms with Crippen molar-refractivity contribution in [1.82, 2.24) is 14.7 Å². The summed E-state index contributed by atoms with van der Waals surface area (Å²) in [4.78, 5) is 14.2. The van der Waals surface area contributed by atoms with Crippen LogP contribution in [-0.4, -0.2) is 39.8 Å². The zero-order valence-electron chi connectivity index (χ0n) is 13.0. The number of amides is 1. The lowest BCUT2D eigenvalue weighted by Gasteiger charge is -2.32. The fourth-order valence-corrected chi connectivity index (χ4v) is 2.76. The van der Waals surface area contributed by atoms with E-state index in [2.05, 4.69) is 18.1 Å². The quantitative estimate of drug-likeness (QED) is 0.874. The highest BCUT2D eigenvalue weighted by molar-refractivity contribution is 5.93. The van der Waals surface area contributed by atoms with Gasteiger partial charge in [-0.25, -0.2) is 0 Å². The molecule has 0 aliphatic carbocycles. The molecule has 3 rings (SSSR count). The second-order valence-electron chi connectivity index (χ2n) is 5.78. The van der Waals surface area contributed by atoms with Crippen molar-refractivity contribution in [2.45, 2.75) is 25.9 Å². The van der Waals surface area contributed by atoms with Gasteiger partial charge in [-0.2, -0.15) is 5.10 Å². The average molecular weight is 299 g/mol. The summed E-state index contributed by atoms with van der Waals surface area (Å²) in [6.07, 6.45) is 5.29. The Morgan fingerprint density at radius 1 is 1.27 bits per heavy atom. The molecule has 5 heteroatoms.